The number of rotatable bonds is 9. The number of anilines is 1. The molecule has 31 heavy (non-hydrogen) atoms. The second-order valence-electron chi connectivity index (χ2n) is 6.86. The van der Waals surface area contributed by atoms with Crippen LogP contribution in [0.1, 0.15) is 44.0 Å². The van der Waals surface area contributed by atoms with E-state index >= 15 is 0 Å². The van der Waals surface area contributed by atoms with Crippen LogP contribution in [-0.2, 0) is 10.0 Å². The van der Waals surface area contributed by atoms with Crippen molar-refractivity contribution in [3.05, 3.63) is 52.5 Å². The van der Waals surface area contributed by atoms with Crippen LogP contribution in [0.25, 0.3) is 0 Å². The highest BCUT2D eigenvalue weighted by Crippen LogP contribution is 2.26. The third-order valence-corrected chi connectivity index (χ3v) is 6.70. The number of benzene rings is 2. The van der Waals surface area contributed by atoms with Crippen molar-refractivity contribution in [3.63, 3.8) is 0 Å². The number of carbonyl (C=O) groups excluding carboxylic acids is 1. The Kier molecular flexibility index (Phi) is 9.42. The van der Waals surface area contributed by atoms with Crippen LogP contribution in [0.3, 0.4) is 0 Å². The zero-order chi connectivity index (χ0) is 23.0. The van der Waals surface area contributed by atoms with E-state index in [1.54, 1.807) is 37.3 Å². The number of amides is 1. The van der Waals surface area contributed by atoms with Crippen LogP contribution in [-0.4, -0.2) is 32.1 Å². The molecule has 0 aliphatic carbocycles. The van der Waals surface area contributed by atoms with E-state index in [9.17, 15) is 13.2 Å². The first-order chi connectivity index (χ1) is 14.7. The number of hydrogen-bond acceptors (Lipinski definition) is 5. The Morgan fingerprint density at radius 3 is 2.42 bits per heavy atom. The minimum atomic E-state index is -3.58. The van der Waals surface area contributed by atoms with Gasteiger partial charge in [0.25, 0.3) is 5.91 Å². The third kappa shape index (κ3) is 7.57. The largest absolute Gasteiger partial charge is 0.492 e. The summed E-state index contributed by atoms with van der Waals surface area (Å²) >= 11 is 8.60. The number of thiocarbonyl (C=S) groups is 1. The summed E-state index contributed by atoms with van der Waals surface area (Å²) in [6, 6.07) is 11.0. The molecule has 0 heterocycles. The van der Waals surface area contributed by atoms with Crippen molar-refractivity contribution >= 4 is 54.9 Å². The van der Waals surface area contributed by atoms with Crippen molar-refractivity contribution in [2.45, 2.75) is 44.6 Å². The van der Waals surface area contributed by atoms with Crippen molar-refractivity contribution < 1.29 is 17.9 Å². The number of ether oxygens (including phenoxy) is 1. The number of halogens is 1. The van der Waals surface area contributed by atoms with Gasteiger partial charge in [-0.05, 0) is 90.4 Å². The Morgan fingerprint density at radius 2 is 1.84 bits per heavy atom. The fourth-order valence-electron chi connectivity index (χ4n) is 2.44. The maximum absolute atomic E-state index is 12.5. The Labute approximate surface area is 197 Å². The molecular weight excluding hydrogens is 502 g/mol. The fraction of sp³-hybridized carbons (Fsp3) is 0.333. The van der Waals surface area contributed by atoms with Crippen molar-refractivity contribution in [1.29, 1.82) is 0 Å². The van der Waals surface area contributed by atoms with E-state index in [2.05, 4.69) is 31.3 Å². The van der Waals surface area contributed by atoms with Crippen LogP contribution >= 0.6 is 28.1 Å². The second-order valence-corrected chi connectivity index (χ2v) is 9.83. The topological polar surface area (TPSA) is 96.5 Å². The maximum Gasteiger partial charge on any atom is 0.257 e. The lowest BCUT2D eigenvalue weighted by Crippen LogP contribution is -2.34. The molecule has 0 radical (unpaired) electrons. The number of hydrogen-bond donors (Lipinski definition) is 3. The van der Waals surface area contributed by atoms with Gasteiger partial charge in [0.05, 0.1) is 16.0 Å². The summed E-state index contributed by atoms with van der Waals surface area (Å²) in [5.74, 6) is 0.286. The second kappa shape index (κ2) is 11.6. The zero-order valence-corrected chi connectivity index (χ0v) is 20.8. The SMILES string of the molecule is CCCOc1ccc(C(=O)NC(=S)Nc2ccc(S(=O)(=O)NC(C)CC)cc2)cc1Br. The van der Waals surface area contributed by atoms with E-state index in [4.69, 9.17) is 17.0 Å². The molecule has 0 saturated heterocycles. The van der Waals surface area contributed by atoms with Crippen molar-refractivity contribution in [1.82, 2.24) is 10.0 Å². The van der Waals surface area contributed by atoms with Crippen molar-refractivity contribution in [2.24, 2.45) is 0 Å². The molecule has 3 N–H and O–H groups in total. The molecule has 168 valence electrons. The molecule has 7 nitrogen and oxygen atoms in total. The lowest BCUT2D eigenvalue weighted by molar-refractivity contribution is 0.0977. The van der Waals surface area contributed by atoms with Crippen LogP contribution in [0, 0.1) is 0 Å². The number of nitrogens with one attached hydrogen (secondary N) is 3. The molecule has 2 aromatic carbocycles. The highest BCUT2D eigenvalue weighted by atomic mass is 79.9. The highest BCUT2D eigenvalue weighted by Gasteiger charge is 2.16. The summed E-state index contributed by atoms with van der Waals surface area (Å²) in [5, 5.41) is 5.58. The summed E-state index contributed by atoms with van der Waals surface area (Å²) in [6.45, 7) is 6.31. The average Bonchev–Trinajstić information content (AvgIpc) is 2.72. The molecule has 0 fully saturated rings. The van der Waals surface area contributed by atoms with Gasteiger partial charge in [-0.2, -0.15) is 0 Å². The maximum atomic E-state index is 12.5. The van der Waals surface area contributed by atoms with Gasteiger partial charge < -0.3 is 10.1 Å². The third-order valence-electron chi connectivity index (χ3n) is 4.27. The van der Waals surface area contributed by atoms with Gasteiger partial charge in [0.2, 0.25) is 10.0 Å². The van der Waals surface area contributed by atoms with E-state index < -0.39 is 10.0 Å². The molecule has 0 bridgehead atoms. The van der Waals surface area contributed by atoms with E-state index in [1.807, 2.05) is 13.8 Å². The Balaban J connectivity index is 1.98. The van der Waals surface area contributed by atoms with Crippen LogP contribution in [0.4, 0.5) is 5.69 Å². The van der Waals surface area contributed by atoms with Gasteiger partial charge in [-0.1, -0.05) is 13.8 Å². The summed E-state index contributed by atoms with van der Waals surface area (Å²) in [4.78, 5) is 12.6. The molecule has 0 aliphatic rings. The van der Waals surface area contributed by atoms with E-state index in [0.29, 0.717) is 34.5 Å². The first kappa shape index (κ1) is 25.3. The lowest BCUT2D eigenvalue weighted by atomic mass is 10.2. The molecule has 1 unspecified atom stereocenters. The number of sulfonamides is 1. The van der Waals surface area contributed by atoms with Crippen molar-refractivity contribution in [3.8, 4) is 5.75 Å². The van der Waals surface area contributed by atoms with Gasteiger partial charge in [0.1, 0.15) is 5.75 Å². The summed E-state index contributed by atoms with van der Waals surface area (Å²) in [7, 11) is -3.58. The molecule has 10 heteroatoms. The first-order valence-electron chi connectivity index (χ1n) is 9.83. The van der Waals surface area contributed by atoms with Crippen LogP contribution < -0.4 is 20.1 Å². The minimum Gasteiger partial charge on any atom is -0.492 e. The smallest absolute Gasteiger partial charge is 0.257 e. The van der Waals surface area contributed by atoms with E-state index in [-0.39, 0.29) is 22.0 Å². The number of carbonyl (C=O) groups is 1. The van der Waals surface area contributed by atoms with Gasteiger partial charge in [-0.15, -0.1) is 0 Å². The van der Waals surface area contributed by atoms with E-state index in [1.165, 1.54) is 12.1 Å². The standard InChI is InChI=1S/C21H26BrN3O4S2/c1-4-12-29-19-11-6-15(13-18(19)22)20(26)24-21(30)23-16-7-9-17(10-8-16)31(27,28)25-14(3)5-2/h6-11,13-14,25H,4-5,12H2,1-3H3,(H2,23,24,26,30). The molecule has 1 atom stereocenters. The predicted molar refractivity (Wildman–Crippen MR) is 130 cm³/mol. The summed E-state index contributed by atoms with van der Waals surface area (Å²) in [6.07, 6.45) is 1.58. The monoisotopic (exact) mass is 527 g/mol. The van der Waals surface area contributed by atoms with Crippen LogP contribution in [0.15, 0.2) is 51.8 Å². The molecule has 2 rings (SSSR count). The highest BCUT2D eigenvalue weighted by molar-refractivity contribution is 9.10. The van der Waals surface area contributed by atoms with Crippen LogP contribution in [0.5, 0.6) is 5.75 Å². The molecule has 0 aromatic heterocycles. The summed E-state index contributed by atoms with van der Waals surface area (Å²) in [5.41, 5.74) is 0.967. The van der Waals surface area contributed by atoms with Gasteiger partial charge >= 0.3 is 0 Å². The predicted octanol–water partition coefficient (Wildman–Crippen LogP) is 4.44. The summed E-state index contributed by atoms with van der Waals surface area (Å²) < 4.78 is 33.5. The Bertz CT molecular complexity index is 1030. The molecule has 2 aromatic rings. The van der Waals surface area contributed by atoms with Crippen LogP contribution in [0.2, 0.25) is 0 Å². The first-order valence-corrected chi connectivity index (χ1v) is 12.5. The van der Waals surface area contributed by atoms with Gasteiger partial charge in [-0.3, -0.25) is 10.1 Å². The molecular formula is C21H26BrN3O4S2. The van der Waals surface area contributed by atoms with Gasteiger partial charge in [0, 0.05) is 17.3 Å². The van der Waals surface area contributed by atoms with E-state index in [0.717, 1.165) is 6.42 Å². The Morgan fingerprint density at radius 1 is 1.16 bits per heavy atom. The minimum absolute atomic E-state index is 0.0979. The quantitative estimate of drug-likeness (QED) is 0.417. The van der Waals surface area contributed by atoms with Gasteiger partial charge in [0.15, 0.2) is 5.11 Å². The zero-order valence-electron chi connectivity index (χ0n) is 17.6. The molecule has 0 spiro atoms. The molecule has 0 saturated carbocycles. The normalized spacial score (nSPS) is 12.1. The average molecular weight is 528 g/mol. The molecule has 0 aliphatic heterocycles. The lowest BCUT2D eigenvalue weighted by Gasteiger charge is -2.13. The Hall–Kier alpha value is -2.01. The fourth-order valence-corrected chi connectivity index (χ4v) is 4.47. The van der Waals surface area contributed by atoms with Crippen molar-refractivity contribution in [2.75, 3.05) is 11.9 Å². The molecule has 1 amide bonds. The van der Waals surface area contributed by atoms with Gasteiger partial charge in [-0.25, -0.2) is 13.1 Å².